The number of hydrogen-bond donors (Lipinski definition) is 0. The highest BCUT2D eigenvalue weighted by Gasteiger charge is 2.22. The van der Waals surface area contributed by atoms with Crippen LogP contribution in [0.15, 0.2) is 0 Å². The van der Waals surface area contributed by atoms with Gasteiger partial charge < -0.3 is 9.64 Å². The van der Waals surface area contributed by atoms with Crippen LogP contribution in [0.25, 0.3) is 0 Å². The SMILES string of the molecule is CCOC(=O)CC(=O)N(C)CC1CCC1. The lowest BCUT2D eigenvalue weighted by Crippen LogP contribution is -2.35. The van der Waals surface area contributed by atoms with Gasteiger partial charge in [0.05, 0.1) is 6.61 Å². The molecule has 1 aliphatic rings. The maximum absolute atomic E-state index is 11.5. The lowest BCUT2D eigenvalue weighted by atomic mass is 9.85. The van der Waals surface area contributed by atoms with E-state index in [1.165, 1.54) is 19.3 Å². The van der Waals surface area contributed by atoms with Crippen LogP contribution in [0.5, 0.6) is 0 Å². The number of ether oxygens (including phenoxy) is 1. The topological polar surface area (TPSA) is 46.6 Å². The molecule has 0 saturated heterocycles. The Hall–Kier alpha value is -1.06. The minimum atomic E-state index is -0.428. The van der Waals surface area contributed by atoms with Gasteiger partial charge in [-0.3, -0.25) is 9.59 Å². The van der Waals surface area contributed by atoms with Crippen LogP contribution in [0.2, 0.25) is 0 Å². The number of hydrogen-bond acceptors (Lipinski definition) is 3. The van der Waals surface area contributed by atoms with Gasteiger partial charge in [-0.05, 0) is 25.7 Å². The van der Waals surface area contributed by atoms with E-state index in [0.717, 1.165) is 6.54 Å². The van der Waals surface area contributed by atoms with Crippen LogP contribution in [0.1, 0.15) is 32.6 Å². The van der Waals surface area contributed by atoms with Crippen molar-refractivity contribution in [1.29, 1.82) is 0 Å². The third-order valence-corrected chi connectivity index (χ3v) is 2.78. The Labute approximate surface area is 90.6 Å². The lowest BCUT2D eigenvalue weighted by Gasteiger charge is -2.30. The monoisotopic (exact) mass is 213 g/mol. The Kier molecular flexibility index (Phi) is 4.59. The van der Waals surface area contributed by atoms with Crippen molar-refractivity contribution in [2.24, 2.45) is 5.92 Å². The van der Waals surface area contributed by atoms with Crippen LogP contribution in [-0.2, 0) is 14.3 Å². The van der Waals surface area contributed by atoms with E-state index in [-0.39, 0.29) is 12.3 Å². The van der Waals surface area contributed by atoms with Crippen molar-refractivity contribution in [3.05, 3.63) is 0 Å². The maximum atomic E-state index is 11.5. The van der Waals surface area contributed by atoms with Gasteiger partial charge in [0.2, 0.25) is 5.91 Å². The molecule has 15 heavy (non-hydrogen) atoms. The Bertz CT molecular complexity index is 236. The first-order valence-corrected chi connectivity index (χ1v) is 5.53. The summed E-state index contributed by atoms with van der Waals surface area (Å²) < 4.78 is 4.72. The predicted molar refractivity (Wildman–Crippen MR) is 56.2 cm³/mol. The molecule has 0 aromatic rings. The van der Waals surface area contributed by atoms with Crippen molar-refractivity contribution in [2.75, 3.05) is 20.2 Å². The molecule has 0 atom stereocenters. The van der Waals surface area contributed by atoms with Gasteiger partial charge in [0.1, 0.15) is 6.42 Å². The predicted octanol–water partition coefficient (Wildman–Crippen LogP) is 1.20. The van der Waals surface area contributed by atoms with Crippen molar-refractivity contribution in [2.45, 2.75) is 32.6 Å². The minimum absolute atomic E-state index is 0.128. The maximum Gasteiger partial charge on any atom is 0.315 e. The molecule has 1 amide bonds. The van der Waals surface area contributed by atoms with E-state index in [2.05, 4.69) is 0 Å². The van der Waals surface area contributed by atoms with E-state index in [1.54, 1.807) is 18.9 Å². The smallest absolute Gasteiger partial charge is 0.315 e. The Morgan fingerprint density at radius 1 is 1.40 bits per heavy atom. The largest absolute Gasteiger partial charge is 0.466 e. The van der Waals surface area contributed by atoms with Crippen molar-refractivity contribution >= 4 is 11.9 Å². The zero-order valence-corrected chi connectivity index (χ0v) is 9.49. The molecule has 0 radical (unpaired) electrons. The molecular formula is C11H19NO3. The Morgan fingerprint density at radius 2 is 2.07 bits per heavy atom. The van der Waals surface area contributed by atoms with E-state index >= 15 is 0 Å². The van der Waals surface area contributed by atoms with E-state index in [4.69, 9.17) is 4.74 Å². The third kappa shape index (κ3) is 3.90. The summed E-state index contributed by atoms with van der Waals surface area (Å²) in [6.07, 6.45) is 3.55. The van der Waals surface area contributed by atoms with E-state index in [9.17, 15) is 9.59 Å². The molecule has 0 aromatic heterocycles. The van der Waals surface area contributed by atoms with E-state index < -0.39 is 5.97 Å². The quantitative estimate of drug-likeness (QED) is 0.509. The summed E-state index contributed by atoms with van der Waals surface area (Å²) in [7, 11) is 1.75. The number of carbonyl (C=O) groups is 2. The molecular weight excluding hydrogens is 194 g/mol. The highest BCUT2D eigenvalue weighted by molar-refractivity contribution is 5.94. The van der Waals surface area contributed by atoms with Gasteiger partial charge in [-0.15, -0.1) is 0 Å². The third-order valence-electron chi connectivity index (χ3n) is 2.78. The second-order valence-electron chi connectivity index (χ2n) is 4.05. The molecule has 4 nitrogen and oxygen atoms in total. The van der Waals surface area contributed by atoms with Crippen LogP contribution >= 0.6 is 0 Å². The molecule has 0 aromatic carbocycles. The summed E-state index contributed by atoms with van der Waals surface area (Å²) >= 11 is 0. The zero-order chi connectivity index (χ0) is 11.3. The van der Waals surface area contributed by atoms with Gasteiger partial charge >= 0.3 is 5.97 Å². The van der Waals surface area contributed by atoms with Gasteiger partial charge in [0.15, 0.2) is 0 Å². The fourth-order valence-electron chi connectivity index (χ4n) is 1.63. The average Bonchev–Trinajstić information content (AvgIpc) is 2.11. The molecule has 0 spiro atoms. The summed E-state index contributed by atoms with van der Waals surface area (Å²) in [4.78, 5) is 24.2. The number of carbonyl (C=O) groups excluding carboxylic acids is 2. The van der Waals surface area contributed by atoms with Gasteiger partial charge in [-0.1, -0.05) is 6.42 Å². The average molecular weight is 213 g/mol. The molecule has 1 aliphatic carbocycles. The second kappa shape index (κ2) is 5.73. The van der Waals surface area contributed by atoms with Crippen LogP contribution in [0, 0.1) is 5.92 Å². The van der Waals surface area contributed by atoms with E-state index in [0.29, 0.717) is 12.5 Å². The number of amides is 1. The fourth-order valence-corrected chi connectivity index (χ4v) is 1.63. The summed E-state index contributed by atoms with van der Waals surface area (Å²) in [5.41, 5.74) is 0. The number of nitrogens with zero attached hydrogens (tertiary/aromatic N) is 1. The van der Waals surface area contributed by atoms with Crippen LogP contribution in [0.4, 0.5) is 0 Å². The van der Waals surface area contributed by atoms with Gasteiger partial charge in [-0.25, -0.2) is 0 Å². The molecule has 0 heterocycles. The molecule has 86 valence electrons. The minimum Gasteiger partial charge on any atom is -0.466 e. The molecule has 1 saturated carbocycles. The fraction of sp³-hybridized carbons (Fsp3) is 0.818. The molecule has 0 bridgehead atoms. The van der Waals surface area contributed by atoms with Gasteiger partial charge in [0, 0.05) is 13.6 Å². The van der Waals surface area contributed by atoms with Crippen molar-refractivity contribution in [3.63, 3.8) is 0 Å². The number of esters is 1. The Morgan fingerprint density at radius 3 is 2.53 bits per heavy atom. The van der Waals surface area contributed by atoms with Crippen LogP contribution < -0.4 is 0 Å². The number of rotatable bonds is 5. The van der Waals surface area contributed by atoms with Crippen LogP contribution in [-0.4, -0.2) is 37.0 Å². The zero-order valence-electron chi connectivity index (χ0n) is 9.49. The first-order valence-electron chi connectivity index (χ1n) is 5.53. The highest BCUT2D eigenvalue weighted by atomic mass is 16.5. The van der Waals surface area contributed by atoms with Gasteiger partial charge in [-0.2, -0.15) is 0 Å². The van der Waals surface area contributed by atoms with Crippen molar-refractivity contribution < 1.29 is 14.3 Å². The van der Waals surface area contributed by atoms with Crippen molar-refractivity contribution in [3.8, 4) is 0 Å². The molecule has 1 rings (SSSR count). The summed E-state index contributed by atoms with van der Waals surface area (Å²) in [5, 5.41) is 0. The normalized spacial score (nSPS) is 15.6. The van der Waals surface area contributed by atoms with E-state index in [1.807, 2.05) is 0 Å². The molecule has 0 N–H and O–H groups in total. The summed E-state index contributed by atoms with van der Waals surface area (Å²) in [5.74, 6) is 0.0736. The standard InChI is InChI=1S/C11H19NO3/c1-3-15-11(14)7-10(13)12(2)8-9-5-4-6-9/h9H,3-8H2,1-2H3. The first-order chi connectivity index (χ1) is 7.13. The lowest BCUT2D eigenvalue weighted by molar-refractivity contribution is -0.148. The molecule has 0 aliphatic heterocycles. The molecule has 0 unspecified atom stereocenters. The second-order valence-corrected chi connectivity index (χ2v) is 4.05. The summed E-state index contributed by atoms with van der Waals surface area (Å²) in [6.45, 7) is 2.84. The van der Waals surface area contributed by atoms with Gasteiger partial charge in [0.25, 0.3) is 0 Å². The molecule has 4 heteroatoms. The first kappa shape index (κ1) is 12.0. The summed E-state index contributed by atoms with van der Waals surface area (Å²) in [6, 6.07) is 0. The molecule has 1 fully saturated rings. The Balaban J connectivity index is 2.22. The highest BCUT2D eigenvalue weighted by Crippen LogP contribution is 2.26. The van der Waals surface area contributed by atoms with Crippen molar-refractivity contribution in [1.82, 2.24) is 4.90 Å². The van der Waals surface area contributed by atoms with Crippen LogP contribution in [0.3, 0.4) is 0 Å².